The molecule has 2 aromatic rings. The molecule has 0 bridgehead atoms. The molecule has 0 radical (unpaired) electrons. The Balaban J connectivity index is 2.27. The van der Waals surface area contributed by atoms with Crippen LogP contribution in [0, 0.1) is 0 Å². The van der Waals surface area contributed by atoms with E-state index in [-0.39, 0.29) is 11.3 Å². The lowest BCUT2D eigenvalue weighted by atomic mass is 10.2. The molecule has 0 aliphatic rings. The van der Waals surface area contributed by atoms with Crippen molar-refractivity contribution < 1.29 is 14.1 Å². The van der Waals surface area contributed by atoms with Gasteiger partial charge in [0, 0.05) is 16.4 Å². The van der Waals surface area contributed by atoms with Crippen LogP contribution < -0.4 is 0 Å². The van der Waals surface area contributed by atoms with Gasteiger partial charge in [-0.3, -0.25) is 8.89 Å². The van der Waals surface area contributed by atoms with Crippen molar-refractivity contribution in [1.82, 2.24) is 14.8 Å². The van der Waals surface area contributed by atoms with Gasteiger partial charge in [0.05, 0.1) is 22.1 Å². The summed E-state index contributed by atoms with van der Waals surface area (Å²) in [7, 11) is 0.346. The summed E-state index contributed by atoms with van der Waals surface area (Å²) in [5.74, 6) is -0.292. The van der Waals surface area contributed by atoms with Gasteiger partial charge in [-0.25, -0.2) is 9.78 Å². The number of hydrogen-bond acceptors (Lipinski definition) is 4. The Morgan fingerprint density at radius 2 is 2.26 bits per heavy atom. The van der Waals surface area contributed by atoms with Gasteiger partial charge in [0.2, 0.25) is 0 Å². The first kappa shape index (κ1) is 13.9. The molecule has 2 rings (SSSR count). The number of aryl methyl sites for hydroxylation is 1. The molecule has 1 N–H and O–H groups in total. The molecule has 6 nitrogen and oxygen atoms in total. The third kappa shape index (κ3) is 3.07. The van der Waals surface area contributed by atoms with Crippen LogP contribution in [-0.4, -0.2) is 30.0 Å². The van der Waals surface area contributed by atoms with E-state index in [9.17, 15) is 9.00 Å². The van der Waals surface area contributed by atoms with E-state index in [2.05, 4.69) is 26.0 Å². The van der Waals surface area contributed by atoms with Gasteiger partial charge in [-0.15, -0.1) is 0 Å². The van der Waals surface area contributed by atoms with Crippen molar-refractivity contribution >= 4 is 32.7 Å². The molecule has 0 saturated heterocycles. The van der Waals surface area contributed by atoms with E-state index in [0.29, 0.717) is 15.2 Å². The number of halogens is 1. The molecule has 1 unspecified atom stereocenters. The summed E-state index contributed by atoms with van der Waals surface area (Å²) in [6.07, 6.45) is 1.39. The number of rotatable bonds is 4. The highest BCUT2D eigenvalue weighted by molar-refractivity contribution is 9.10. The average molecular weight is 344 g/mol. The first-order valence-electron chi connectivity index (χ1n) is 5.23. The molecular weight excluding hydrogens is 334 g/mol. The van der Waals surface area contributed by atoms with Crippen LogP contribution in [-0.2, 0) is 23.6 Å². The molecule has 1 atom stereocenters. The van der Waals surface area contributed by atoms with E-state index >= 15 is 0 Å². The SMILES string of the molecule is Cn1ncnc1CS(=O)c1ccc(Br)c(C(=O)O)c1. The molecule has 8 heteroatoms. The number of hydrogen-bond donors (Lipinski definition) is 1. The maximum atomic E-state index is 12.2. The molecule has 0 fully saturated rings. The van der Waals surface area contributed by atoms with Gasteiger partial charge < -0.3 is 5.11 Å². The normalized spacial score (nSPS) is 12.3. The third-order valence-corrected chi connectivity index (χ3v) is 4.49. The van der Waals surface area contributed by atoms with Crippen molar-refractivity contribution in [2.45, 2.75) is 10.6 Å². The Kier molecular flexibility index (Phi) is 4.11. The summed E-state index contributed by atoms with van der Waals surface area (Å²) in [5, 5.41) is 12.9. The minimum atomic E-state index is -1.37. The van der Waals surface area contributed by atoms with Crippen molar-refractivity contribution in [2.75, 3.05) is 0 Å². The van der Waals surface area contributed by atoms with Crippen molar-refractivity contribution in [1.29, 1.82) is 0 Å². The van der Waals surface area contributed by atoms with Gasteiger partial charge in [0.15, 0.2) is 0 Å². The monoisotopic (exact) mass is 343 g/mol. The van der Waals surface area contributed by atoms with E-state index in [4.69, 9.17) is 5.11 Å². The molecule has 0 saturated carbocycles. The molecule has 0 aliphatic carbocycles. The molecule has 0 amide bonds. The van der Waals surface area contributed by atoms with Crippen LogP contribution >= 0.6 is 15.9 Å². The van der Waals surface area contributed by atoms with Crippen molar-refractivity contribution in [2.24, 2.45) is 7.05 Å². The molecular formula is C11H10BrN3O3S. The fourth-order valence-corrected chi connectivity index (χ4v) is 3.01. The summed E-state index contributed by atoms with van der Waals surface area (Å²) in [4.78, 5) is 15.4. The fraction of sp³-hybridized carbons (Fsp3) is 0.182. The van der Waals surface area contributed by atoms with Gasteiger partial charge in [-0.1, -0.05) is 0 Å². The third-order valence-electron chi connectivity index (χ3n) is 2.50. The van der Waals surface area contributed by atoms with Crippen LogP contribution in [0.25, 0.3) is 0 Å². The van der Waals surface area contributed by atoms with Crippen LogP contribution in [0.3, 0.4) is 0 Å². The minimum absolute atomic E-state index is 0.0869. The van der Waals surface area contributed by atoms with Crippen LogP contribution in [0.1, 0.15) is 16.2 Å². The molecule has 0 aliphatic heterocycles. The zero-order chi connectivity index (χ0) is 14.0. The van der Waals surface area contributed by atoms with E-state index in [1.807, 2.05) is 0 Å². The van der Waals surface area contributed by atoms with Gasteiger partial charge in [0.1, 0.15) is 12.2 Å². The molecule has 1 aromatic heterocycles. The van der Waals surface area contributed by atoms with Gasteiger partial charge in [-0.2, -0.15) is 5.10 Å². The highest BCUT2D eigenvalue weighted by Crippen LogP contribution is 2.21. The fourth-order valence-electron chi connectivity index (χ4n) is 1.46. The number of carboxylic acid groups (broad SMARTS) is 1. The van der Waals surface area contributed by atoms with E-state index in [1.165, 1.54) is 17.1 Å². The molecule has 1 heterocycles. The summed E-state index contributed by atoms with van der Waals surface area (Å²) in [6, 6.07) is 4.61. The van der Waals surface area contributed by atoms with Gasteiger partial charge in [0.25, 0.3) is 0 Å². The van der Waals surface area contributed by atoms with Crippen molar-refractivity contribution in [3.63, 3.8) is 0 Å². The van der Waals surface area contributed by atoms with Gasteiger partial charge >= 0.3 is 5.97 Å². The summed E-state index contributed by atoms with van der Waals surface area (Å²) < 4.78 is 14.2. The molecule has 0 spiro atoms. The summed E-state index contributed by atoms with van der Waals surface area (Å²) >= 11 is 3.15. The first-order valence-corrected chi connectivity index (χ1v) is 7.34. The number of nitrogens with zero attached hydrogens (tertiary/aromatic N) is 3. The quantitative estimate of drug-likeness (QED) is 0.910. The Bertz CT molecular complexity index is 656. The van der Waals surface area contributed by atoms with E-state index in [0.717, 1.165) is 0 Å². The highest BCUT2D eigenvalue weighted by atomic mass is 79.9. The Hall–Kier alpha value is -1.54. The maximum Gasteiger partial charge on any atom is 0.336 e. The van der Waals surface area contributed by atoms with Crippen molar-refractivity contribution in [3.8, 4) is 0 Å². The Morgan fingerprint density at radius 1 is 1.53 bits per heavy atom. The van der Waals surface area contributed by atoms with Crippen LogP contribution in [0.5, 0.6) is 0 Å². The second-order valence-corrected chi connectivity index (χ2v) is 6.04. The smallest absolute Gasteiger partial charge is 0.336 e. The lowest BCUT2D eigenvalue weighted by Gasteiger charge is -2.05. The van der Waals surface area contributed by atoms with Gasteiger partial charge in [-0.05, 0) is 34.1 Å². The van der Waals surface area contributed by atoms with Crippen LogP contribution in [0.4, 0.5) is 0 Å². The van der Waals surface area contributed by atoms with E-state index in [1.54, 1.807) is 19.2 Å². The largest absolute Gasteiger partial charge is 0.478 e. The summed E-state index contributed by atoms with van der Waals surface area (Å²) in [6.45, 7) is 0. The lowest BCUT2D eigenvalue weighted by molar-refractivity contribution is 0.0695. The van der Waals surface area contributed by atoms with Crippen LogP contribution in [0.2, 0.25) is 0 Å². The summed E-state index contributed by atoms with van der Waals surface area (Å²) in [5.41, 5.74) is 0.0869. The predicted molar refractivity (Wildman–Crippen MR) is 72.2 cm³/mol. The highest BCUT2D eigenvalue weighted by Gasteiger charge is 2.14. The average Bonchev–Trinajstić information content (AvgIpc) is 2.75. The Labute approximate surface area is 120 Å². The van der Waals surface area contributed by atoms with Crippen molar-refractivity contribution in [3.05, 3.63) is 40.4 Å². The predicted octanol–water partition coefficient (Wildman–Crippen LogP) is 1.58. The Morgan fingerprint density at radius 3 is 2.84 bits per heavy atom. The van der Waals surface area contributed by atoms with Crippen LogP contribution in [0.15, 0.2) is 33.9 Å². The maximum absolute atomic E-state index is 12.2. The molecule has 100 valence electrons. The second kappa shape index (κ2) is 5.62. The number of aromatic nitrogens is 3. The zero-order valence-electron chi connectivity index (χ0n) is 9.91. The topological polar surface area (TPSA) is 85.1 Å². The number of aromatic carboxylic acids is 1. The number of benzene rings is 1. The lowest BCUT2D eigenvalue weighted by Crippen LogP contribution is -2.06. The first-order chi connectivity index (χ1) is 8.99. The minimum Gasteiger partial charge on any atom is -0.478 e. The standard InChI is InChI=1S/C11H10BrN3O3S/c1-15-10(13-6-14-15)5-19(18)7-2-3-9(12)8(4-7)11(16)17/h2-4,6H,5H2,1H3,(H,16,17). The van der Waals surface area contributed by atoms with E-state index < -0.39 is 16.8 Å². The molecule has 19 heavy (non-hydrogen) atoms. The zero-order valence-corrected chi connectivity index (χ0v) is 12.3. The number of carboxylic acids is 1. The number of carbonyl (C=O) groups is 1. The second-order valence-electron chi connectivity index (χ2n) is 3.74. The molecule has 1 aromatic carbocycles.